The summed E-state index contributed by atoms with van der Waals surface area (Å²) < 4.78 is 5.25. The number of aliphatic hydroxyl groups excluding tert-OH is 1. The zero-order valence-electron chi connectivity index (χ0n) is 18.8. The zero-order valence-corrected chi connectivity index (χ0v) is 18.8. The lowest BCUT2D eigenvalue weighted by Crippen LogP contribution is -2.32. The maximum absolute atomic E-state index is 13.1. The van der Waals surface area contributed by atoms with E-state index in [9.17, 15) is 14.7 Å². The third-order valence-corrected chi connectivity index (χ3v) is 5.62. The number of carbonyl (C=O) groups is 2. The lowest BCUT2D eigenvalue weighted by molar-refractivity contribution is -0.139. The highest BCUT2D eigenvalue weighted by molar-refractivity contribution is 6.46. The molecule has 164 valence electrons. The molecule has 0 radical (unpaired) electrons. The lowest BCUT2D eigenvalue weighted by Gasteiger charge is -2.26. The Kier molecular flexibility index (Phi) is 6.81. The SMILES string of the molecule is COc1ccc(C2C(=C(O)c3cc(C)ccc3C)C(=O)C(=O)N2CCCN(C)C)cc1. The van der Waals surface area contributed by atoms with Crippen LogP contribution in [-0.4, -0.2) is 60.9 Å². The molecule has 1 unspecified atom stereocenters. The molecule has 2 aromatic rings. The minimum absolute atomic E-state index is 0.129. The highest BCUT2D eigenvalue weighted by Gasteiger charge is 2.45. The average molecular weight is 423 g/mol. The number of aliphatic hydroxyl groups is 1. The van der Waals surface area contributed by atoms with E-state index in [2.05, 4.69) is 0 Å². The Labute approximate surface area is 183 Å². The summed E-state index contributed by atoms with van der Waals surface area (Å²) in [4.78, 5) is 29.7. The molecule has 0 bridgehead atoms. The average Bonchev–Trinajstić information content (AvgIpc) is 2.99. The molecule has 1 aliphatic rings. The number of hydrogen-bond acceptors (Lipinski definition) is 5. The monoisotopic (exact) mass is 422 g/mol. The second kappa shape index (κ2) is 9.35. The third kappa shape index (κ3) is 4.64. The first-order valence-electron chi connectivity index (χ1n) is 10.4. The lowest BCUT2D eigenvalue weighted by atomic mass is 9.93. The maximum Gasteiger partial charge on any atom is 0.295 e. The van der Waals surface area contributed by atoms with Crippen LogP contribution in [0.15, 0.2) is 48.0 Å². The Bertz CT molecular complexity index is 1010. The summed E-state index contributed by atoms with van der Waals surface area (Å²) in [6.45, 7) is 5.01. The third-order valence-electron chi connectivity index (χ3n) is 5.62. The van der Waals surface area contributed by atoms with Gasteiger partial charge in [-0.3, -0.25) is 9.59 Å². The van der Waals surface area contributed by atoms with Gasteiger partial charge in [-0.2, -0.15) is 0 Å². The van der Waals surface area contributed by atoms with Gasteiger partial charge in [0.1, 0.15) is 11.5 Å². The summed E-state index contributed by atoms with van der Waals surface area (Å²) in [6, 6.07) is 12.3. The van der Waals surface area contributed by atoms with Gasteiger partial charge in [0.05, 0.1) is 18.7 Å². The number of methoxy groups -OCH3 is 1. The van der Waals surface area contributed by atoms with Gasteiger partial charge in [-0.1, -0.05) is 29.8 Å². The van der Waals surface area contributed by atoms with Crippen molar-refractivity contribution in [1.29, 1.82) is 0 Å². The molecule has 1 atom stereocenters. The summed E-state index contributed by atoms with van der Waals surface area (Å²) in [5.41, 5.74) is 3.28. The van der Waals surface area contributed by atoms with E-state index in [-0.39, 0.29) is 11.3 Å². The number of rotatable bonds is 7. The van der Waals surface area contributed by atoms with E-state index in [1.165, 1.54) is 0 Å². The largest absolute Gasteiger partial charge is 0.507 e. The number of Topliss-reactive ketones (excluding diaryl/α,β-unsaturated/α-hetero) is 1. The van der Waals surface area contributed by atoms with Crippen molar-refractivity contribution in [3.63, 3.8) is 0 Å². The molecule has 0 spiro atoms. The normalized spacial score (nSPS) is 18.1. The van der Waals surface area contributed by atoms with Crippen LogP contribution in [0.5, 0.6) is 5.75 Å². The highest BCUT2D eigenvalue weighted by Crippen LogP contribution is 2.40. The molecule has 1 aliphatic heterocycles. The molecule has 0 aliphatic carbocycles. The van der Waals surface area contributed by atoms with E-state index in [1.54, 1.807) is 24.1 Å². The second-order valence-corrected chi connectivity index (χ2v) is 8.24. The van der Waals surface area contributed by atoms with Gasteiger partial charge in [0.15, 0.2) is 0 Å². The van der Waals surface area contributed by atoms with E-state index in [1.807, 2.05) is 63.2 Å². The van der Waals surface area contributed by atoms with Crippen molar-refractivity contribution < 1.29 is 19.4 Å². The first-order chi connectivity index (χ1) is 14.7. The number of likely N-dealkylation sites (tertiary alicyclic amines) is 1. The summed E-state index contributed by atoms with van der Waals surface area (Å²) in [5.74, 6) is -0.672. The smallest absolute Gasteiger partial charge is 0.295 e. The number of benzene rings is 2. The van der Waals surface area contributed by atoms with Crippen LogP contribution in [0.25, 0.3) is 5.76 Å². The number of hydrogen-bond donors (Lipinski definition) is 1. The zero-order chi connectivity index (χ0) is 22.7. The van der Waals surface area contributed by atoms with Gasteiger partial charge in [0.25, 0.3) is 11.7 Å². The molecular formula is C25H30N2O4. The van der Waals surface area contributed by atoms with E-state index in [0.717, 1.165) is 29.7 Å². The summed E-state index contributed by atoms with van der Waals surface area (Å²) in [7, 11) is 5.52. The minimum atomic E-state index is -0.649. The predicted octanol–water partition coefficient (Wildman–Crippen LogP) is 3.69. The van der Waals surface area contributed by atoms with Crippen LogP contribution in [0.1, 0.15) is 34.7 Å². The van der Waals surface area contributed by atoms with Crippen LogP contribution in [0.4, 0.5) is 0 Å². The molecule has 3 rings (SSSR count). The van der Waals surface area contributed by atoms with Crippen molar-refractivity contribution in [3.8, 4) is 5.75 Å². The van der Waals surface area contributed by atoms with Crippen LogP contribution in [0.3, 0.4) is 0 Å². The number of carbonyl (C=O) groups excluding carboxylic acids is 2. The fourth-order valence-electron chi connectivity index (χ4n) is 3.94. The molecule has 0 saturated carbocycles. The van der Waals surface area contributed by atoms with Crippen molar-refractivity contribution in [2.24, 2.45) is 0 Å². The van der Waals surface area contributed by atoms with Gasteiger partial charge in [-0.05, 0) is 70.2 Å². The quantitative estimate of drug-likeness (QED) is 0.419. The Morgan fingerprint density at radius 3 is 2.39 bits per heavy atom. The predicted molar refractivity (Wildman–Crippen MR) is 121 cm³/mol. The first kappa shape index (κ1) is 22.6. The van der Waals surface area contributed by atoms with Crippen LogP contribution in [-0.2, 0) is 9.59 Å². The number of ketones is 1. The van der Waals surface area contributed by atoms with Gasteiger partial charge >= 0.3 is 0 Å². The standard InChI is InChI=1S/C25H30N2O4/c1-16-7-8-17(2)20(15-16)23(28)21-22(18-9-11-19(31-5)12-10-18)27(25(30)24(21)29)14-6-13-26(3)4/h7-12,15,22,28H,6,13-14H2,1-5H3. The molecular weight excluding hydrogens is 392 g/mol. The van der Waals surface area contributed by atoms with Gasteiger partial charge < -0.3 is 19.6 Å². The molecule has 0 aromatic heterocycles. The molecule has 1 amide bonds. The Hall–Kier alpha value is -3.12. The van der Waals surface area contributed by atoms with Crippen molar-refractivity contribution in [2.75, 3.05) is 34.3 Å². The summed E-state index contributed by atoms with van der Waals surface area (Å²) in [5, 5.41) is 11.2. The van der Waals surface area contributed by atoms with Crippen molar-refractivity contribution in [1.82, 2.24) is 9.80 Å². The molecule has 31 heavy (non-hydrogen) atoms. The van der Waals surface area contributed by atoms with Crippen molar-refractivity contribution in [3.05, 3.63) is 70.3 Å². The molecule has 1 N–H and O–H groups in total. The van der Waals surface area contributed by atoms with Gasteiger partial charge in [-0.25, -0.2) is 0 Å². The summed E-state index contributed by atoms with van der Waals surface area (Å²) >= 11 is 0. The molecule has 6 nitrogen and oxygen atoms in total. The van der Waals surface area contributed by atoms with Crippen LogP contribution >= 0.6 is 0 Å². The fourth-order valence-corrected chi connectivity index (χ4v) is 3.94. The van der Waals surface area contributed by atoms with Crippen LogP contribution in [0, 0.1) is 13.8 Å². The Balaban J connectivity index is 2.13. The van der Waals surface area contributed by atoms with E-state index in [4.69, 9.17) is 4.74 Å². The molecule has 1 heterocycles. The molecule has 1 saturated heterocycles. The van der Waals surface area contributed by atoms with Gasteiger partial charge in [-0.15, -0.1) is 0 Å². The first-order valence-corrected chi connectivity index (χ1v) is 10.4. The Morgan fingerprint density at radius 1 is 1.10 bits per heavy atom. The fraction of sp³-hybridized carbons (Fsp3) is 0.360. The molecule has 6 heteroatoms. The van der Waals surface area contributed by atoms with Crippen molar-refractivity contribution in [2.45, 2.75) is 26.3 Å². The number of ether oxygens (including phenoxy) is 1. The number of aryl methyl sites for hydroxylation is 2. The minimum Gasteiger partial charge on any atom is -0.507 e. The van der Waals surface area contributed by atoms with Crippen LogP contribution < -0.4 is 4.74 Å². The van der Waals surface area contributed by atoms with E-state index in [0.29, 0.717) is 17.9 Å². The molecule has 2 aromatic carbocycles. The van der Waals surface area contributed by atoms with E-state index < -0.39 is 17.7 Å². The topological polar surface area (TPSA) is 70.1 Å². The van der Waals surface area contributed by atoms with Crippen molar-refractivity contribution >= 4 is 17.4 Å². The number of amides is 1. The summed E-state index contributed by atoms with van der Waals surface area (Å²) in [6.07, 6.45) is 0.718. The second-order valence-electron chi connectivity index (χ2n) is 8.24. The van der Waals surface area contributed by atoms with Crippen LogP contribution in [0.2, 0.25) is 0 Å². The van der Waals surface area contributed by atoms with Gasteiger partial charge in [0, 0.05) is 12.1 Å². The number of nitrogens with zero attached hydrogens (tertiary/aromatic N) is 2. The van der Waals surface area contributed by atoms with E-state index >= 15 is 0 Å². The maximum atomic E-state index is 13.1. The highest BCUT2D eigenvalue weighted by atomic mass is 16.5. The van der Waals surface area contributed by atoms with Gasteiger partial charge in [0.2, 0.25) is 0 Å². The molecule has 1 fully saturated rings. The Morgan fingerprint density at radius 2 is 1.77 bits per heavy atom.